The first kappa shape index (κ1) is 14.7. The van der Waals surface area contributed by atoms with Crippen molar-refractivity contribution in [2.45, 2.75) is 19.9 Å². The summed E-state index contributed by atoms with van der Waals surface area (Å²) in [6.07, 6.45) is 0. The van der Waals surface area contributed by atoms with Gasteiger partial charge in [0.1, 0.15) is 0 Å². The summed E-state index contributed by atoms with van der Waals surface area (Å²) in [5.41, 5.74) is 4.59. The molecule has 3 rings (SSSR count). The quantitative estimate of drug-likeness (QED) is 0.808. The third-order valence-electron chi connectivity index (χ3n) is 3.67. The molecule has 2 aromatic rings. The number of thiocarbonyl (C=S) groups is 1. The molecule has 0 bridgehead atoms. The van der Waals surface area contributed by atoms with E-state index in [0.29, 0.717) is 6.54 Å². The fraction of sp³-hybridized carbons (Fsp3) is 0.250. The summed E-state index contributed by atoms with van der Waals surface area (Å²) in [7, 11) is 0. The number of aryl methyl sites for hydroxylation is 1. The molecule has 1 aromatic carbocycles. The highest BCUT2D eigenvalue weighted by molar-refractivity contribution is 7.79. The van der Waals surface area contributed by atoms with Crippen LogP contribution in [0, 0.1) is 13.8 Å². The van der Waals surface area contributed by atoms with Crippen LogP contribution in [0.3, 0.4) is 0 Å². The minimum atomic E-state index is 0.0981. The summed E-state index contributed by atoms with van der Waals surface area (Å²) in [5, 5.41) is 7.14. The van der Waals surface area contributed by atoms with Crippen molar-refractivity contribution in [1.82, 2.24) is 0 Å². The zero-order valence-electron chi connectivity index (χ0n) is 11.8. The van der Waals surface area contributed by atoms with Gasteiger partial charge in [-0.3, -0.25) is 4.99 Å². The Balaban J connectivity index is 2.17. The molecule has 0 fully saturated rings. The Bertz CT molecular complexity index is 717. The van der Waals surface area contributed by atoms with Gasteiger partial charge in [-0.15, -0.1) is 11.3 Å². The van der Waals surface area contributed by atoms with Crippen molar-refractivity contribution in [3.63, 3.8) is 0 Å². The van der Waals surface area contributed by atoms with E-state index in [1.54, 1.807) is 16.7 Å². The van der Waals surface area contributed by atoms with Crippen LogP contribution in [0.15, 0.2) is 29.3 Å². The topological polar surface area (TPSA) is 24.4 Å². The van der Waals surface area contributed by atoms with E-state index in [4.69, 9.17) is 28.8 Å². The standard InChI is InChI=1S/C16H15ClN2S2/c1-9-10(2)21-16-14(9)15(18-7-13(8-20)19-16)11-3-5-12(17)6-4-11/h3-6,8,13,19H,7H2,1-2H3. The molecule has 0 radical (unpaired) electrons. The number of benzene rings is 1. The first-order valence-corrected chi connectivity index (χ1v) is 8.39. The van der Waals surface area contributed by atoms with E-state index in [1.807, 2.05) is 24.3 Å². The summed E-state index contributed by atoms with van der Waals surface area (Å²) < 4.78 is 0. The maximum Gasteiger partial charge on any atom is 0.0989 e. The SMILES string of the molecule is Cc1sc2c(c1C)C(c1ccc(Cl)cc1)=NCC(C=S)N2. The molecular weight excluding hydrogens is 320 g/mol. The Morgan fingerprint density at radius 1 is 1.33 bits per heavy atom. The van der Waals surface area contributed by atoms with Gasteiger partial charge in [-0.2, -0.15) is 0 Å². The van der Waals surface area contributed by atoms with Crippen LogP contribution < -0.4 is 5.32 Å². The van der Waals surface area contributed by atoms with Gasteiger partial charge in [0.05, 0.1) is 23.3 Å². The number of fused-ring (bicyclic) bond motifs is 1. The number of rotatable bonds is 2. The van der Waals surface area contributed by atoms with Crippen molar-refractivity contribution in [3.8, 4) is 0 Å². The smallest absolute Gasteiger partial charge is 0.0989 e. The average Bonchev–Trinajstić information content (AvgIpc) is 2.66. The van der Waals surface area contributed by atoms with Gasteiger partial charge in [0.2, 0.25) is 0 Å². The lowest BCUT2D eigenvalue weighted by molar-refractivity contribution is 0.950. The second kappa shape index (κ2) is 5.87. The number of halogens is 1. The molecule has 0 aliphatic carbocycles. The van der Waals surface area contributed by atoms with Crippen LogP contribution in [0.1, 0.15) is 21.6 Å². The van der Waals surface area contributed by atoms with Crippen LogP contribution in [0.4, 0.5) is 5.00 Å². The molecule has 1 N–H and O–H groups in total. The Hall–Kier alpha value is -1.23. The lowest BCUT2D eigenvalue weighted by Crippen LogP contribution is -2.22. The van der Waals surface area contributed by atoms with Crippen LogP contribution in [0.25, 0.3) is 0 Å². The molecule has 2 nitrogen and oxygen atoms in total. The second-order valence-electron chi connectivity index (χ2n) is 5.07. The zero-order chi connectivity index (χ0) is 15.0. The van der Waals surface area contributed by atoms with Gasteiger partial charge < -0.3 is 5.32 Å². The van der Waals surface area contributed by atoms with E-state index in [1.165, 1.54) is 16.0 Å². The van der Waals surface area contributed by atoms with Crippen LogP contribution in [0.2, 0.25) is 5.02 Å². The van der Waals surface area contributed by atoms with Crippen molar-refractivity contribution in [1.29, 1.82) is 0 Å². The van der Waals surface area contributed by atoms with Gasteiger partial charge in [0, 0.05) is 26.4 Å². The van der Waals surface area contributed by atoms with Crippen LogP contribution in [-0.2, 0) is 0 Å². The lowest BCUT2D eigenvalue weighted by atomic mass is 10.00. The van der Waals surface area contributed by atoms with Crippen molar-refractivity contribution in [2.75, 3.05) is 11.9 Å². The Kier molecular flexibility index (Phi) is 4.11. The highest BCUT2D eigenvalue weighted by Crippen LogP contribution is 2.36. The van der Waals surface area contributed by atoms with Gasteiger partial charge in [-0.05, 0) is 31.5 Å². The predicted molar refractivity (Wildman–Crippen MR) is 96.8 cm³/mol. The fourth-order valence-electron chi connectivity index (χ4n) is 2.42. The summed E-state index contributed by atoms with van der Waals surface area (Å²) >= 11 is 12.9. The fourth-order valence-corrected chi connectivity index (χ4v) is 3.82. The van der Waals surface area contributed by atoms with Gasteiger partial charge in [-0.1, -0.05) is 36.0 Å². The first-order valence-electron chi connectivity index (χ1n) is 6.72. The van der Waals surface area contributed by atoms with E-state index in [0.717, 1.165) is 21.3 Å². The van der Waals surface area contributed by atoms with Gasteiger partial charge >= 0.3 is 0 Å². The van der Waals surface area contributed by atoms with E-state index < -0.39 is 0 Å². The maximum absolute atomic E-state index is 6.00. The van der Waals surface area contributed by atoms with E-state index in [2.05, 4.69) is 19.2 Å². The Labute approximate surface area is 138 Å². The minimum absolute atomic E-state index is 0.0981. The van der Waals surface area contributed by atoms with E-state index in [-0.39, 0.29) is 6.04 Å². The molecule has 1 unspecified atom stereocenters. The van der Waals surface area contributed by atoms with Crippen molar-refractivity contribution < 1.29 is 0 Å². The Morgan fingerprint density at radius 3 is 2.71 bits per heavy atom. The molecule has 0 spiro atoms. The van der Waals surface area contributed by atoms with E-state index in [9.17, 15) is 0 Å². The zero-order valence-corrected chi connectivity index (χ0v) is 14.2. The Morgan fingerprint density at radius 2 is 2.05 bits per heavy atom. The lowest BCUT2D eigenvalue weighted by Gasteiger charge is -2.09. The molecule has 5 heteroatoms. The number of thiophene rings is 1. The number of nitrogens with zero attached hydrogens (tertiary/aromatic N) is 1. The summed E-state index contributed by atoms with van der Waals surface area (Å²) in [4.78, 5) is 6.12. The molecule has 108 valence electrons. The normalized spacial score (nSPS) is 17.5. The molecule has 1 aliphatic rings. The monoisotopic (exact) mass is 334 g/mol. The molecule has 0 amide bonds. The molecular formula is C16H15ClN2S2. The largest absolute Gasteiger partial charge is 0.367 e. The molecule has 1 aromatic heterocycles. The number of hydrogen-bond donors (Lipinski definition) is 1. The molecule has 21 heavy (non-hydrogen) atoms. The van der Waals surface area contributed by atoms with Crippen LogP contribution in [-0.4, -0.2) is 23.7 Å². The summed E-state index contributed by atoms with van der Waals surface area (Å²) in [5.74, 6) is 0. The number of nitrogens with one attached hydrogen (secondary N) is 1. The van der Waals surface area contributed by atoms with Gasteiger partial charge in [0.25, 0.3) is 0 Å². The van der Waals surface area contributed by atoms with Crippen LogP contribution >= 0.6 is 35.2 Å². The maximum atomic E-state index is 6.00. The molecule has 0 saturated heterocycles. The molecule has 1 aliphatic heterocycles. The minimum Gasteiger partial charge on any atom is -0.367 e. The average molecular weight is 335 g/mol. The highest BCUT2D eigenvalue weighted by atomic mass is 35.5. The third-order valence-corrected chi connectivity index (χ3v) is 5.39. The molecule has 2 heterocycles. The van der Waals surface area contributed by atoms with E-state index >= 15 is 0 Å². The van der Waals surface area contributed by atoms with Gasteiger partial charge in [-0.25, -0.2) is 0 Å². The van der Waals surface area contributed by atoms with Crippen molar-refractivity contribution in [2.24, 2.45) is 4.99 Å². The second-order valence-corrected chi connectivity index (χ2v) is 7.00. The number of aliphatic imine (C=N–C) groups is 1. The highest BCUT2D eigenvalue weighted by Gasteiger charge is 2.23. The molecule has 1 atom stereocenters. The van der Waals surface area contributed by atoms with Crippen molar-refractivity contribution >= 4 is 51.2 Å². The van der Waals surface area contributed by atoms with Crippen LogP contribution in [0.5, 0.6) is 0 Å². The molecule has 0 saturated carbocycles. The summed E-state index contributed by atoms with van der Waals surface area (Å²) in [6.45, 7) is 4.94. The number of hydrogen-bond acceptors (Lipinski definition) is 4. The number of anilines is 1. The third kappa shape index (κ3) is 2.76. The predicted octanol–water partition coefficient (Wildman–Crippen LogP) is 4.65. The first-order chi connectivity index (χ1) is 10.1. The summed E-state index contributed by atoms with van der Waals surface area (Å²) in [6, 6.07) is 7.95. The van der Waals surface area contributed by atoms with Crippen molar-refractivity contribution in [3.05, 3.63) is 50.9 Å². The van der Waals surface area contributed by atoms with Gasteiger partial charge in [0.15, 0.2) is 0 Å².